The molecular weight excluding hydrogens is 316 g/mol. The van der Waals surface area contributed by atoms with Gasteiger partial charge >= 0.3 is 0 Å². The number of hydrogen-bond acceptors (Lipinski definition) is 3. The predicted octanol–water partition coefficient (Wildman–Crippen LogP) is 2.30. The maximum absolute atomic E-state index is 12.2. The Kier molecular flexibility index (Phi) is 5.09. The summed E-state index contributed by atoms with van der Waals surface area (Å²) in [5.41, 5.74) is 1.84. The Labute approximate surface area is 145 Å². The van der Waals surface area contributed by atoms with Crippen LogP contribution in [-0.2, 0) is 11.3 Å². The van der Waals surface area contributed by atoms with Crippen LogP contribution in [0.25, 0.3) is 5.69 Å². The number of hydrogen-bond donors (Lipinski definition) is 1. The second kappa shape index (κ2) is 7.61. The van der Waals surface area contributed by atoms with Crippen LogP contribution in [0.1, 0.15) is 24.9 Å². The molecule has 25 heavy (non-hydrogen) atoms. The third kappa shape index (κ3) is 4.23. The molecule has 0 unspecified atom stereocenters. The summed E-state index contributed by atoms with van der Waals surface area (Å²) in [4.78, 5) is 23.8. The van der Waals surface area contributed by atoms with Crippen molar-refractivity contribution in [2.45, 2.75) is 25.9 Å². The molecule has 0 aliphatic heterocycles. The molecule has 128 valence electrons. The number of carbonyl (C=O) groups is 1. The smallest absolute Gasteiger partial charge is 0.250 e. The zero-order valence-electron chi connectivity index (χ0n) is 14.0. The minimum absolute atomic E-state index is 0.0901. The van der Waals surface area contributed by atoms with Gasteiger partial charge in [0.15, 0.2) is 0 Å². The third-order valence-corrected chi connectivity index (χ3v) is 4.00. The Hall–Kier alpha value is -3.15. The number of pyridine rings is 1. The molecule has 1 amide bonds. The highest BCUT2D eigenvalue weighted by molar-refractivity contribution is 5.76. The molecule has 0 aliphatic carbocycles. The molecule has 2 aromatic heterocycles. The lowest BCUT2D eigenvalue weighted by Gasteiger charge is -2.16. The van der Waals surface area contributed by atoms with Crippen LogP contribution >= 0.6 is 0 Å². The van der Waals surface area contributed by atoms with Crippen LogP contribution in [0.3, 0.4) is 0 Å². The number of benzene rings is 1. The van der Waals surface area contributed by atoms with Crippen LogP contribution in [0.15, 0.2) is 71.9 Å². The molecule has 6 nitrogen and oxygen atoms in total. The van der Waals surface area contributed by atoms with E-state index in [-0.39, 0.29) is 23.9 Å². The van der Waals surface area contributed by atoms with Crippen LogP contribution < -0.4 is 10.9 Å². The molecule has 0 saturated carbocycles. The van der Waals surface area contributed by atoms with Gasteiger partial charge < -0.3 is 9.88 Å². The molecule has 0 radical (unpaired) electrons. The lowest BCUT2D eigenvalue weighted by atomic mass is 10.1. The fourth-order valence-corrected chi connectivity index (χ4v) is 2.62. The summed E-state index contributed by atoms with van der Waals surface area (Å²) in [6, 6.07) is 14.6. The number of amides is 1. The second-order valence-corrected chi connectivity index (χ2v) is 5.82. The van der Waals surface area contributed by atoms with E-state index in [1.54, 1.807) is 29.2 Å². The van der Waals surface area contributed by atoms with E-state index >= 15 is 0 Å². The molecule has 6 heteroatoms. The summed E-state index contributed by atoms with van der Waals surface area (Å²) >= 11 is 0. The molecule has 0 spiro atoms. The first-order valence-electron chi connectivity index (χ1n) is 8.18. The number of rotatable bonds is 6. The van der Waals surface area contributed by atoms with Gasteiger partial charge in [0.25, 0.3) is 5.56 Å². The van der Waals surface area contributed by atoms with Crippen LogP contribution in [0.5, 0.6) is 0 Å². The molecule has 0 aliphatic rings. The molecule has 3 rings (SSSR count). The maximum atomic E-state index is 12.2. The molecular formula is C19H20N4O2. The van der Waals surface area contributed by atoms with Crippen molar-refractivity contribution in [2.24, 2.45) is 0 Å². The van der Waals surface area contributed by atoms with Gasteiger partial charge in [0.1, 0.15) is 0 Å². The fourth-order valence-electron chi connectivity index (χ4n) is 2.62. The van der Waals surface area contributed by atoms with Gasteiger partial charge in [-0.05, 0) is 36.8 Å². The Morgan fingerprint density at radius 1 is 1.16 bits per heavy atom. The standard InChI is InChI=1S/C19H20N4O2/c1-15(16-6-4-7-17(14-16)23-12-5-10-20-23)21-18(24)9-13-22-11-3-2-8-19(22)25/h2-8,10-12,14-15H,9,13H2,1H3,(H,21,24)/t15-/m0/s1. The number of aryl methyl sites for hydroxylation is 1. The maximum Gasteiger partial charge on any atom is 0.250 e. The molecule has 1 N–H and O–H groups in total. The zero-order chi connectivity index (χ0) is 17.6. The summed E-state index contributed by atoms with van der Waals surface area (Å²) in [5.74, 6) is -0.0901. The van der Waals surface area contributed by atoms with Crippen molar-refractivity contribution in [3.8, 4) is 5.69 Å². The first-order chi connectivity index (χ1) is 12.1. The van der Waals surface area contributed by atoms with E-state index < -0.39 is 0 Å². The first-order valence-corrected chi connectivity index (χ1v) is 8.18. The highest BCUT2D eigenvalue weighted by Crippen LogP contribution is 2.16. The third-order valence-electron chi connectivity index (χ3n) is 4.00. The van der Waals surface area contributed by atoms with Gasteiger partial charge in [0.05, 0.1) is 11.7 Å². The van der Waals surface area contributed by atoms with Crippen molar-refractivity contribution in [1.82, 2.24) is 19.7 Å². The summed E-state index contributed by atoms with van der Waals surface area (Å²) in [7, 11) is 0. The van der Waals surface area contributed by atoms with Gasteiger partial charge in [-0.15, -0.1) is 0 Å². The Balaban J connectivity index is 1.61. The van der Waals surface area contributed by atoms with Crippen molar-refractivity contribution >= 4 is 5.91 Å². The van der Waals surface area contributed by atoms with Gasteiger partial charge in [0, 0.05) is 37.6 Å². The van der Waals surface area contributed by atoms with E-state index in [4.69, 9.17) is 0 Å². The van der Waals surface area contributed by atoms with Gasteiger partial charge in [-0.25, -0.2) is 4.68 Å². The van der Waals surface area contributed by atoms with Crippen molar-refractivity contribution in [3.63, 3.8) is 0 Å². The summed E-state index contributed by atoms with van der Waals surface area (Å²) < 4.78 is 3.31. The van der Waals surface area contributed by atoms with E-state index in [0.717, 1.165) is 11.3 Å². The summed E-state index contributed by atoms with van der Waals surface area (Å²) in [6.45, 7) is 2.31. The lowest BCUT2D eigenvalue weighted by molar-refractivity contribution is -0.121. The molecule has 2 heterocycles. The summed E-state index contributed by atoms with van der Waals surface area (Å²) in [5, 5.41) is 7.19. The van der Waals surface area contributed by atoms with E-state index in [0.29, 0.717) is 6.54 Å². The van der Waals surface area contributed by atoms with Gasteiger partial charge in [0.2, 0.25) is 5.91 Å². The second-order valence-electron chi connectivity index (χ2n) is 5.82. The van der Waals surface area contributed by atoms with E-state index in [1.165, 1.54) is 10.6 Å². The first kappa shape index (κ1) is 16.7. The average molecular weight is 336 g/mol. The molecule has 0 saturated heterocycles. The number of aromatic nitrogens is 3. The van der Waals surface area contributed by atoms with Crippen molar-refractivity contribution in [3.05, 3.63) is 83.0 Å². The largest absolute Gasteiger partial charge is 0.350 e. The Morgan fingerprint density at radius 2 is 2.04 bits per heavy atom. The number of carbonyl (C=O) groups excluding carboxylic acids is 1. The monoisotopic (exact) mass is 336 g/mol. The van der Waals surface area contributed by atoms with Crippen LogP contribution in [0.2, 0.25) is 0 Å². The van der Waals surface area contributed by atoms with Crippen LogP contribution in [0, 0.1) is 0 Å². The molecule has 0 bridgehead atoms. The fraction of sp³-hybridized carbons (Fsp3) is 0.211. The van der Waals surface area contributed by atoms with E-state index in [1.807, 2.05) is 43.5 Å². The Morgan fingerprint density at radius 3 is 2.80 bits per heavy atom. The molecule has 0 fully saturated rings. The van der Waals surface area contributed by atoms with Crippen LogP contribution in [-0.4, -0.2) is 20.3 Å². The highest BCUT2D eigenvalue weighted by atomic mass is 16.2. The topological polar surface area (TPSA) is 68.9 Å². The van der Waals surface area contributed by atoms with Crippen molar-refractivity contribution < 1.29 is 4.79 Å². The van der Waals surface area contributed by atoms with Crippen molar-refractivity contribution in [1.29, 1.82) is 0 Å². The van der Waals surface area contributed by atoms with Gasteiger partial charge in [-0.2, -0.15) is 5.10 Å². The SMILES string of the molecule is C[C@H](NC(=O)CCn1ccccc1=O)c1cccc(-n2cccn2)c1. The molecule has 1 aromatic carbocycles. The minimum Gasteiger partial charge on any atom is -0.350 e. The average Bonchev–Trinajstić information content (AvgIpc) is 3.16. The number of nitrogens with one attached hydrogen (secondary N) is 1. The Bertz CT molecular complexity index is 900. The molecule has 1 atom stereocenters. The summed E-state index contributed by atoms with van der Waals surface area (Å²) in [6.07, 6.45) is 5.54. The van der Waals surface area contributed by atoms with E-state index in [2.05, 4.69) is 10.4 Å². The minimum atomic E-state index is -0.129. The lowest BCUT2D eigenvalue weighted by Crippen LogP contribution is -2.29. The van der Waals surface area contributed by atoms with Gasteiger partial charge in [-0.3, -0.25) is 9.59 Å². The zero-order valence-corrected chi connectivity index (χ0v) is 14.0. The number of nitrogens with zero attached hydrogens (tertiary/aromatic N) is 3. The normalized spacial score (nSPS) is 11.9. The molecule has 3 aromatic rings. The quantitative estimate of drug-likeness (QED) is 0.751. The van der Waals surface area contributed by atoms with E-state index in [9.17, 15) is 9.59 Å². The van der Waals surface area contributed by atoms with Crippen LogP contribution in [0.4, 0.5) is 0 Å². The predicted molar refractivity (Wildman–Crippen MR) is 95.4 cm³/mol. The highest BCUT2D eigenvalue weighted by Gasteiger charge is 2.11. The van der Waals surface area contributed by atoms with Gasteiger partial charge in [-0.1, -0.05) is 18.2 Å². The van der Waals surface area contributed by atoms with Crippen molar-refractivity contribution in [2.75, 3.05) is 0 Å².